The molecule has 0 saturated heterocycles. The number of rotatable bonds is 5. The number of benzene rings is 2. The maximum Gasteiger partial charge on any atom is 0.319 e. The second kappa shape index (κ2) is 7.51. The fourth-order valence-corrected chi connectivity index (χ4v) is 2.47. The number of carbonyl (C=O) groups is 2. The molecule has 26 heavy (non-hydrogen) atoms. The van der Waals surface area contributed by atoms with Gasteiger partial charge in [-0.25, -0.2) is 13.6 Å². The van der Waals surface area contributed by atoms with Crippen molar-refractivity contribution in [1.82, 2.24) is 5.32 Å². The van der Waals surface area contributed by atoms with Crippen molar-refractivity contribution >= 4 is 23.3 Å². The number of halogens is 2. The predicted molar refractivity (Wildman–Crippen MR) is 94.7 cm³/mol. The molecule has 0 heterocycles. The van der Waals surface area contributed by atoms with Gasteiger partial charge in [0.2, 0.25) is 5.91 Å². The van der Waals surface area contributed by atoms with E-state index in [0.29, 0.717) is 11.8 Å². The second-order valence-corrected chi connectivity index (χ2v) is 6.33. The summed E-state index contributed by atoms with van der Waals surface area (Å²) in [6.45, 7) is 1.78. The second-order valence-electron chi connectivity index (χ2n) is 6.33. The van der Waals surface area contributed by atoms with E-state index in [4.69, 9.17) is 0 Å². The molecule has 1 unspecified atom stereocenters. The van der Waals surface area contributed by atoms with Crippen LogP contribution in [0.5, 0.6) is 0 Å². The number of amides is 3. The largest absolute Gasteiger partial charge is 0.331 e. The minimum atomic E-state index is -0.844. The van der Waals surface area contributed by atoms with Crippen molar-refractivity contribution in [2.24, 2.45) is 5.92 Å². The van der Waals surface area contributed by atoms with Crippen LogP contribution in [-0.4, -0.2) is 11.9 Å². The van der Waals surface area contributed by atoms with E-state index < -0.39 is 17.7 Å². The SMILES string of the molecule is CC(NC(=O)Nc1ccc(F)cc1F)c1ccc(NC(=O)C2CC2)cc1. The van der Waals surface area contributed by atoms with Crippen LogP contribution in [-0.2, 0) is 4.79 Å². The normalized spacial score (nSPS) is 14.4. The smallest absolute Gasteiger partial charge is 0.319 e. The van der Waals surface area contributed by atoms with Crippen LogP contribution in [0.15, 0.2) is 42.5 Å². The Bertz CT molecular complexity index is 820. The van der Waals surface area contributed by atoms with Crippen molar-refractivity contribution in [2.75, 3.05) is 10.6 Å². The van der Waals surface area contributed by atoms with Crippen molar-refractivity contribution in [3.63, 3.8) is 0 Å². The minimum Gasteiger partial charge on any atom is -0.331 e. The Morgan fingerprint density at radius 1 is 1.04 bits per heavy atom. The molecule has 0 radical (unpaired) electrons. The summed E-state index contributed by atoms with van der Waals surface area (Å²) in [7, 11) is 0. The van der Waals surface area contributed by atoms with E-state index >= 15 is 0 Å². The van der Waals surface area contributed by atoms with Crippen LogP contribution in [0.25, 0.3) is 0 Å². The zero-order valence-corrected chi connectivity index (χ0v) is 14.2. The maximum absolute atomic E-state index is 13.6. The van der Waals surface area contributed by atoms with E-state index in [1.54, 1.807) is 31.2 Å². The lowest BCUT2D eigenvalue weighted by Crippen LogP contribution is -2.31. The van der Waals surface area contributed by atoms with E-state index in [1.807, 2.05) is 0 Å². The molecule has 3 amide bonds. The Labute approximate surface area is 149 Å². The van der Waals surface area contributed by atoms with Crippen molar-refractivity contribution in [1.29, 1.82) is 0 Å². The van der Waals surface area contributed by atoms with Gasteiger partial charge in [0.1, 0.15) is 11.6 Å². The Morgan fingerprint density at radius 2 is 1.73 bits per heavy atom. The quantitative estimate of drug-likeness (QED) is 0.749. The van der Waals surface area contributed by atoms with Gasteiger partial charge >= 0.3 is 6.03 Å². The van der Waals surface area contributed by atoms with Crippen molar-refractivity contribution in [3.8, 4) is 0 Å². The zero-order chi connectivity index (χ0) is 18.7. The van der Waals surface area contributed by atoms with E-state index in [9.17, 15) is 18.4 Å². The molecule has 2 aromatic rings. The molecule has 2 aromatic carbocycles. The highest BCUT2D eigenvalue weighted by Crippen LogP contribution is 2.30. The highest BCUT2D eigenvalue weighted by atomic mass is 19.1. The van der Waals surface area contributed by atoms with Gasteiger partial charge in [-0.1, -0.05) is 12.1 Å². The lowest BCUT2D eigenvalue weighted by atomic mass is 10.1. The average molecular weight is 359 g/mol. The summed E-state index contributed by atoms with van der Waals surface area (Å²) in [5.74, 6) is -1.39. The number of hydrogen-bond donors (Lipinski definition) is 3. The molecule has 0 aromatic heterocycles. The molecular formula is C19H19F2N3O2. The van der Waals surface area contributed by atoms with Gasteiger partial charge in [0.15, 0.2) is 0 Å². The number of urea groups is 1. The van der Waals surface area contributed by atoms with Crippen molar-refractivity contribution < 1.29 is 18.4 Å². The van der Waals surface area contributed by atoms with Crippen LogP contribution < -0.4 is 16.0 Å². The fraction of sp³-hybridized carbons (Fsp3) is 0.263. The van der Waals surface area contributed by atoms with Crippen LogP contribution in [0.1, 0.15) is 31.4 Å². The van der Waals surface area contributed by atoms with E-state index in [2.05, 4.69) is 16.0 Å². The molecule has 1 aliphatic rings. The molecule has 3 rings (SSSR count). The van der Waals surface area contributed by atoms with Gasteiger partial charge in [0.05, 0.1) is 11.7 Å². The molecule has 1 atom stereocenters. The monoisotopic (exact) mass is 359 g/mol. The Morgan fingerprint density at radius 3 is 2.35 bits per heavy atom. The topological polar surface area (TPSA) is 70.2 Å². The summed E-state index contributed by atoms with van der Waals surface area (Å²) in [6.07, 6.45) is 1.88. The number of carbonyl (C=O) groups excluding carboxylic acids is 2. The number of hydrogen-bond acceptors (Lipinski definition) is 2. The lowest BCUT2D eigenvalue weighted by molar-refractivity contribution is -0.117. The zero-order valence-electron chi connectivity index (χ0n) is 14.2. The first-order valence-electron chi connectivity index (χ1n) is 8.36. The standard InChI is InChI=1S/C19H19F2N3O2/c1-11(22-19(26)24-17-9-6-14(20)10-16(17)21)12-4-7-15(8-5-12)23-18(25)13-2-3-13/h4-11,13H,2-3H2,1H3,(H,23,25)(H2,22,24,26). The van der Waals surface area contributed by atoms with Gasteiger partial charge in [-0.05, 0) is 49.6 Å². The van der Waals surface area contributed by atoms with Crippen molar-refractivity contribution in [3.05, 3.63) is 59.7 Å². The molecule has 5 nitrogen and oxygen atoms in total. The fourth-order valence-electron chi connectivity index (χ4n) is 2.47. The first-order chi connectivity index (χ1) is 12.4. The molecule has 0 aliphatic heterocycles. The Kier molecular flexibility index (Phi) is 5.16. The lowest BCUT2D eigenvalue weighted by Gasteiger charge is -2.16. The van der Waals surface area contributed by atoms with Gasteiger partial charge in [-0.15, -0.1) is 0 Å². The van der Waals surface area contributed by atoms with Crippen LogP contribution >= 0.6 is 0 Å². The van der Waals surface area contributed by atoms with Crippen molar-refractivity contribution in [2.45, 2.75) is 25.8 Å². The molecular weight excluding hydrogens is 340 g/mol. The summed E-state index contributed by atoms with van der Waals surface area (Å²) in [5.41, 5.74) is 1.43. The highest BCUT2D eigenvalue weighted by molar-refractivity contribution is 5.94. The number of nitrogens with one attached hydrogen (secondary N) is 3. The molecule has 1 aliphatic carbocycles. The minimum absolute atomic E-state index is 0.0321. The summed E-state index contributed by atoms with van der Waals surface area (Å²) < 4.78 is 26.4. The molecule has 1 fully saturated rings. The summed E-state index contributed by atoms with van der Waals surface area (Å²) in [5, 5.41) is 7.87. The summed E-state index contributed by atoms with van der Waals surface area (Å²) in [4.78, 5) is 23.7. The van der Waals surface area contributed by atoms with Gasteiger partial charge in [0, 0.05) is 17.7 Å². The third kappa shape index (κ3) is 4.56. The molecule has 136 valence electrons. The third-order valence-electron chi connectivity index (χ3n) is 4.15. The van der Waals surface area contributed by atoms with Gasteiger partial charge in [-0.2, -0.15) is 0 Å². The third-order valence-corrected chi connectivity index (χ3v) is 4.15. The molecule has 7 heteroatoms. The number of anilines is 2. The Balaban J connectivity index is 1.55. The first kappa shape index (κ1) is 17.8. The maximum atomic E-state index is 13.6. The van der Waals surface area contributed by atoms with E-state index in [-0.39, 0.29) is 23.6 Å². The molecule has 1 saturated carbocycles. The average Bonchev–Trinajstić information content (AvgIpc) is 3.43. The Hall–Kier alpha value is -2.96. The van der Waals surface area contributed by atoms with Crippen LogP contribution in [0.4, 0.5) is 25.0 Å². The van der Waals surface area contributed by atoms with Crippen LogP contribution in [0, 0.1) is 17.6 Å². The molecule has 3 N–H and O–H groups in total. The van der Waals surface area contributed by atoms with E-state index in [0.717, 1.165) is 30.5 Å². The van der Waals surface area contributed by atoms with Gasteiger partial charge < -0.3 is 16.0 Å². The molecule has 0 bridgehead atoms. The summed E-state index contributed by atoms with van der Waals surface area (Å²) >= 11 is 0. The van der Waals surface area contributed by atoms with Gasteiger partial charge in [-0.3, -0.25) is 4.79 Å². The summed E-state index contributed by atoms with van der Waals surface area (Å²) in [6, 6.07) is 9.12. The molecule has 0 spiro atoms. The highest BCUT2D eigenvalue weighted by Gasteiger charge is 2.29. The van der Waals surface area contributed by atoms with E-state index in [1.165, 1.54) is 0 Å². The predicted octanol–water partition coefficient (Wildman–Crippen LogP) is 4.20. The first-order valence-corrected chi connectivity index (χ1v) is 8.36. The van der Waals surface area contributed by atoms with Crippen LogP contribution in [0.3, 0.4) is 0 Å². The van der Waals surface area contributed by atoms with Gasteiger partial charge in [0.25, 0.3) is 0 Å². The van der Waals surface area contributed by atoms with Crippen LogP contribution in [0.2, 0.25) is 0 Å².